The number of anilines is 1. The number of carbonyl (C=O) groups excluding carboxylic acids is 2. The van der Waals surface area contributed by atoms with Crippen LogP contribution < -0.4 is 9.62 Å². The standard InChI is InChI=1S/C28H31ClFN3O4S/c1-4-31-28(35)26(17-21-8-6-5-7-9-21)32(18-22-10-13-24(30)14-11-22)27(34)19-33(38(3,36)37)25-15-12-23(29)16-20(25)2/h5-16,26H,4,17-19H2,1-3H3,(H,31,35)/t26-/m1/s1. The second-order valence-electron chi connectivity index (χ2n) is 8.95. The Bertz CT molecular complexity index is 1370. The van der Waals surface area contributed by atoms with Crippen LogP contribution in [-0.4, -0.2) is 50.5 Å². The van der Waals surface area contributed by atoms with Gasteiger partial charge in [-0.25, -0.2) is 12.8 Å². The number of hydrogen-bond acceptors (Lipinski definition) is 4. The number of benzene rings is 3. The van der Waals surface area contributed by atoms with Crippen molar-refractivity contribution in [2.45, 2.75) is 32.9 Å². The van der Waals surface area contributed by atoms with Crippen molar-refractivity contribution in [3.8, 4) is 0 Å². The average Bonchev–Trinajstić information content (AvgIpc) is 2.86. The van der Waals surface area contributed by atoms with Gasteiger partial charge in [0.2, 0.25) is 21.8 Å². The van der Waals surface area contributed by atoms with Crippen LogP contribution in [-0.2, 0) is 32.6 Å². The van der Waals surface area contributed by atoms with E-state index in [1.807, 2.05) is 30.3 Å². The van der Waals surface area contributed by atoms with Crippen molar-refractivity contribution in [1.29, 1.82) is 0 Å². The van der Waals surface area contributed by atoms with Gasteiger partial charge in [0.25, 0.3) is 0 Å². The molecular weight excluding hydrogens is 529 g/mol. The van der Waals surface area contributed by atoms with E-state index in [9.17, 15) is 22.4 Å². The minimum Gasteiger partial charge on any atom is -0.355 e. The van der Waals surface area contributed by atoms with Gasteiger partial charge >= 0.3 is 0 Å². The first-order valence-electron chi connectivity index (χ1n) is 12.1. The number of nitrogens with zero attached hydrogens (tertiary/aromatic N) is 2. The molecule has 2 amide bonds. The summed E-state index contributed by atoms with van der Waals surface area (Å²) >= 11 is 6.06. The third-order valence-electron chi connectivity index (χ3n) is 6.00. The predicted octanol–water partition coefficient (Wildman–Crippen LogP) is 4.33. The first-order chi connectivity index (χ1) is 18.0. The maximum atomic E-state index is 13.9. The van der Waals surface area contributed by atoms with Crippen LogP contribution in [0.2, 0.25) is 5.02 Å². The normalized spacial score (nSPS) is 12.0. The van der Waals surface area contributed by atoms with E-state index in [0.717, 1.165) is 16.1 Å². The molecule has 0 spiro atoms. The highest BCUT2D eigenvalue weighted by atomic mass is 35.5. The van der Waals surface area contributed by atoms with Gasteiger partial charge in [0, 0.05) is 24.5 Å². The predicted molar refractivity (Wildman–Crippen MR) is 148 cm³/mol. The smallest absolute Gasteiger partial charge is 0.244 e. The largest absolute Gasteiger partial charge is 0.355 e. The molecule has 3 aromatic carbocycles. The van der Waals surface area contributed by atoms with Crippen molar-refractivity contribution < 1.29 is 22.4 Å². The molecule has 1 atom stereocenters. The topological polar surface area (TPSA) is 86.8 Å². The number of aryl methyl sites for hydroxylation is 1. The number of sulfonamides is 1. The molecule has 0 aliphatic carbocycles. The van der Waals surface area contributed by atoms with Gasteiger partial charge in [-0.1, -0.05) is 54.1 Å². The van der Waals surface area contributed by atoms with Crippen LogP contribution in [0.3, 0.4) is 0 Å². The molecule has 0 aliphatic heterocycles. The van der Waals surface area contributed by atoms with Crippen molar-refractivity contribution in [2.75, 3.05) is 23.7 Å². The van der Waals surface area contributed by atoms with Crippen LogP contribution in [0.25, 0.3) is 0 Å². The highest BCUT2D eigenvalue weighted by molar-refractivity contribution is 7.92. The summed E-state index contributed by atoms with van der Waals surface area (Å²) in [5, 5.41) is 3.22. The van der Waals surface area contributed by atoms with Gasteiger partial charge in [-0.05, 0) is 60.9 Å². The molecule has 0 aromatic heterocycles. The molecule has 0 bridgehead atoms. The number of nitrogens with one attached hydrogen (secondary N) is 1. The Balaban J connectivity index is 2.05. The lowest BCUT2D eigenvalue weighted by molar-refractivity contribution is -0.140. The number of halogens is 2. The van der Waals surface area contributed by atoms with Crippen LogP contribution in [0.4, 0.5) is 10.1 Å². The Morgan fingerprint density at radius 1 is 1.00 bits per heavy atom. The SMILES string of the molecule is CCNC(=O)[C@@H](Cc1ccccc1)N(Cc1ccc(F)cc1)C(=O)CN(c1ccc(Cl)cc1C)S(C)(=O)=O. The van der Waals surface area contributed by atoms with Gasteiger partial charge < -0.3 is 10.2 Å². The fraction of sp³-hybridized carbons (Fsp3) is 0.286. The summed E-state index contributed by atoms with van der Waals surface area (Å²) in [6, 6.07) is 18.6. The number of hydrogen-bond donors (Lipinski definition) is 1. The quantitative estimate of drug-likeness (QED) is 0.379. The van der Waals surface area contributed by atoms with E-state index in [0.29, 0.717) is 28.4 Å². The second-order valence-corrected chi connectivity index (χ2v) is 11.3. The number of rotatable bonds is 11. The highest BCUT2D eigenvalue weighted by Crippen LogP contribution is 2.26. The number of likely N-dealkylation sites (N-methyl/N-ethyl adjacent to an activating group) is 1. The Hall–Kier alpha value is -3.43. The summed E-state index contributed by atoms with van der Waals surface area (Å²) in [5.41, 5.74) is 2.31. The Kier molecular flexibility index (Phi) is 9.88. The first-order valence-corrected chi connectivity index (χ1v) is 14.3. The van der Waals surface area contributed by atoms with Gasteiger partial charge in [-0.3, -0.25) is 13.9 Å². The second kappa shape index (κ2) is 12.9. The maximum absolute atomic E-state index is 13.9. The molecule has 202 valence electrons. The molecule has 0 heterocycles. The molecule has 0 saturated heterocycles. The molecule has 1 N–H and O–H groups in total. The minimum atomic E-state index is -3.88. The number of amides is 2. The highest BCUT2D eigenvalue weighted by Gasteiger charge is 2.33. The first kappa shape index (κ1) is 29.1. The summed E-state index contributed by atoms with van der Waals surface area (Å²) in [4.78, 5) is 28.5. The van der Waals surface area contributed by atoms with E-state index in [2.05, 4.69) is 5.32 Å². The van der Waals surface area contributed by atoms with E-state index in [1.54, 1.807) is 32.0 Å². The molecule has 38 heavy (non-hydrogen) atoms. The summed E-state index contributed by atoms with van der Waals surface area (Å²) in [6.07, 6.45) is 1.22. The van der Waals surface area contributed by atoms with E-state index in [1.165, 1.54) is 29.2 Å². The molecule has 0 unspecified atom stereocenters. The van der Waals surface area contributed by atoms with Crippen LogP contribution in [0.15, 0.2) is 72.8 Å². The molecule has 3 aromatic rings. The van der Waals surface area contributed by atoms with Crippen molar-refractivity contribution in [2.24, 2.45) is 0 Å². The minimum absolute atomic E-state index is 0.0229. The zero-order valence-corrected chi connectivity index (χ0v) is 23.1. The van der Waals surface area contributed by atoms with Gasteiger partial charge in [-0.2, -0.15) is 0 Å². The molecule has 3 rings (SSSR count). The molecular formula is C28H31ClFN3O4S. The molecule has 7 nitrogen and oxygen atoms in total. The fourth-order valence-corrected chi connectivity index (χ4v) is 5.26. The zero-order chi connectivity index (χ0) is 27.9. The lowest BCUT2D eigenvalue weighted by Gasteiger charge is -2.33. The van der Waals surface area contributed by atoms with Gasteiger partial charge in [0.05, 0.1) is 11.9 Å². The Labute approximate surface area is 228 Å². The van der Waals surface area contributed by atoms with Crippen LogP contribution in [0.1, 0.15) is 23.6 Å². The Morgan fingerprint density at radius 3 is 2.24 bits per heavy atom. The molecule has 0 radical (unpaired) electrons. The third-order valence-corrected chi connectivity index (χ3v) is 7.36. The van der Waals surface area contributed by atoms with Crippen molar-refractivity contribution >= 4 is 39.1 Å². The third kappa shape index (κ3) is 7.79. The van der Waals surface area contributed by atoms with Crippen LogP contribution in [0.5, 0.6) is 0 Å². The molecule has 10 heteroatoms. The van der Waals surface area contributed by atoms with Gasteiger partial charge in [0.1, 0.15) is 18.4 Å². The zero-order valence-electron chi connectivity index (χ0n) is 21.5. The average molecular weight is 560 g/mol. The molecule has 0 saturated carbocycles. The van der Waals surface area contributed by atoms with E-state index < -0.39 is 34.3 Å². The Morgan fingerprint density at radius 2 is 1.66 bits per heavy atom. The van der Waals surface area contributed by atoms with Crippen molar-refractivity contribution in [3.05, 3.63) is 100 Å². The number of carbonyl (C=O) groups is 2. The van der Waals surface area contributed by atoms with E-state index in [4.69, 9.17) is 11.6 Å². The summed E-state index contributed by atoms with van der Waals surface area (Å²) < 4.78 is 40.2. The fourth-order valence-electron chi connectivity index (χ4n) is 4.13. The van der Waals surface area contributed by atoms with Crippen molar-refractivity contribution in [3.63, 3.8) is 0 Å². The molecule has 0 aliphatic rings. The summed E-state index contributed by atoms with van der Waals surface area (Å²) in [5.74, 6) is -1.39. The van der Waals surface area contributed by atoms with E-state index in [-0.39, 0.29) is 18.9 Å². The van der Waals surface area contributed by atoms with Gasteiger partial charge in [0.15, 0.2) is 0 Å². The maximum Gasteiger partial charge on any atom is 0.244 e. The summed E-state index contributed by atoms with van der Waals surface area (Å²) in [6.45, 7) is 3.27. The van der Waals surface area contributed by atoms with E-state index >= 15 is 0 Å². The lowest BCUT2D eigenvalue weighted by Crippen LogP contribution is -2.53. The lowest BCUT2D eigenvalue weighted by atomic mass is 10.0. The van der Waals surface area contributed by atoms with Crippen LogP contribution in [0, 0.1) is 12.7 Å². The monoisotopic (exact) mass is 559 g/mol. The van der Waals surface area contributed by atoms with Gasteiger partial charge in [-0.15, -0.1) is 0 Å². The van der Waals surface area contributed by atoms with Crippen molar-refractivity contribution in [1.82, 2.24) is 10.2 Å². The molecule has 0 fully saturated rings. The summed E-state index contributed by atoms with van der Waals surface area (Å²) in [7, 11) is -3.88. The van der Waals surface area contributed by atoms with Crippen LogP contribution >= 0.6 is 11.6 Å².